The second-order valence-electron chi connectivity index (χ2n) is 4.11. The lowest BCUT2D eigenvalue weighted by Crippen LogP contribution is -2.38. The summed E-state index contributed by atoms with van der Waals surface area (Å²) < 4.78 is 0. The summed E-state index contributed by atoms with van der Waals surface area (Å²) in [6.45, 7) is 3.84. The Morgan fingerprint density at radius 2 is 2.32 bits per heavy atom. The number of carbonyl (C=O) groups excluding carboxylic acids is 1. The summed E-state index contributed by atoms with van der Waals surface area (Å²) >= 11 is 1.67. The molecule has 100 valence electrons. The summed E-state index contributed by atoms with van der Waals surface area (Å²) in [4.78, 5) is 19.1. The molecule has 2 amide bonds. The van der Waals surface area contributed by atoms with E-state index in [1.165, 1.54) is 4.88 Å². The summed E-state index contributed by atoms with van der Waals surface area (Å²) in [6, 6.07) is 7.82. The summed E-state index contributed by atoms with van der Waals surface area (Å²) in [5.74, 6) is 0. The van der Waals surface area contributed by atoms with Gasteiger partial charge in [0.1, 0.15) is 0 Å². The SMILES string of the molecule is CCN(Cc1cccs1)C(=O)NCc1cccnc1. The quantitative estimate of drug-likeness (QED) is 0.912. The fraction of sp³-hybridized carbons (Fsp3) is 0.286. The van der Waals surface area contributed by atoms with E-state index in [2.05, 4.69) is 10.3 Å². The van der Waals surface area contributed by atoms with Crippen LogP contribution in [-0.4, -0.2) is 22.5 Å². The molecule has 0 radical (unpaired) electrons. The van der Waals surface area contributed by atoms with Crippen molar-refractivity contribution in [2.45, 2.75) is 20.0 Å². The Kier molecular flexibility index (Phi) is 4.92. The Balaban J connectivity index is 1.87. The molecule has 4 nitrogen and oxygen atoms in total. The van der Waals surface area contributed by atoms with Gasteiger partial charge in [0, 0.05) is 30.4 Å². The van der Waals surface area contributed by atoms with Crippen LogP contribution >= 0.6 is 11.3 Å². The normalized spacial score (nSPS) is 10.2. The van der Waals surface area contributed by atoms with E-state index in [4.69, 9.17) is 0 Å². The third kappa shape index (κ3) is 4.06. The van der Waals surface area contributed by atoms with Crippen LogP contribution in [0.3, 0.4) is 0 Å². The smallest absolute Gasteiger partial charge is 0.317 e. The van der Waals surface area contributed by atoms with Crippen LogP contribution in [0.15, 0.2) is 42.0 Å². The van der Waals surface area contributed by atoms with Crippen molar-refractivity contribution in [2.24, 2.45) is 0 Å². The number of urea groups is 1. The molecular weight excluding hydrogens is 258 g/mol. The van der Waals surface area contributed by atoms with E-state index in [0.29, 0.717) is 19.6 Å². The molecule has 0 aliphatic heterocycles. The maximum absolute atomic E-state index is 12.1. The number of nitrogens with zero attached hydrogens (tertiary/aromatic N) is 2. The molecule has 2 rings (SSSR count). The van der Waals surface area contributed by atoms with Crippen LogP contribution in [0, 0.1) is 0 Å². The molecule has 2 heterocycles. The van der Waals surface area contributed by atoms with Gasteiger partial charge in [0.15, 0.2) is 0 Å². The van der Waals surface area contributed by atoms with E-state index in [1.807, 2.05) is 36.6 Å². The van der Waals surface area contributed by atoms with Crippen LogP contribution in [0.5, 0.6) is 0 Å². The molecular formula is C14H17N3OS. The summed E-state index contributed by atoms with van der Waals surface area (Å²) in [5.41, 5.74) is 1.00. The number of nitrogens with one attached hydrogen (secondary N) is 1. The van der Waals surface area contributed by atoms with Crippen molar-refractivity contribution >= 4 is 17.4 Å². The van der Waals surface area contributed by atoms with Crippen molar-refractivity contribution in [1.82, 2.24) is 15.2 Å². The minimum atomic E-state index is -0.0419. The van der Waals surface area contributed by atoms with Gasteiger partial charge in [0.05, 0.1) is 6.54 Å². The number of thiophene rings is 1. The number of amides is 2. The third-order valence-electron chi connectivity index (χ3n) is 2.76. The molecule has 0 atom stereocenters. The van der Waals surface area contributed by atoms with E-state index in [0.717, 1.165) is 5.56 Å². The second-order valence-corrected chi connectivity index (χ2v) is 5.15. The van der Waals surface area contributed by atoms with Crippen LogP contribution in [0.4, 0.5) is 4.79 Å². The van der Waals surface area contributed by atoms with Crippen molar-refractivity contribution in [3.63, 3.8) is 0 Å². The zero-order valence-corrected chi connectivity index (χ0v) is 11.7. The monoisotopic (exact) mass is 275 g/mol. The highest BCUT2D eigenvalue weighted by Crippen LogP contribution is 2.11. The van der Waals surface area contributed by atoms with Gasteiger partial charge in [-0.05, 0) is 30.0 Å². The van der Waals surface area contributed by atoms with Crippen molar-refractivity contribution in [3.05, 3.63) is 52.5 Å². The van der Waals surface area contributed by atoms with Gasteiger partial charge in [0.2, 0.25) is 0 Å². The van der Waals surface area contributed by atoms with Gasteiger partial charge in [-0.15, -0.1) is 11.3 Å². The Morgan fingerprint density at radius 3 is 2.95 bits per heavy atom. The molecule has 0 fully saturated rings. The lowest BCUT2D eigenvalue weighted by molar-refractivity contribution is 0.198. The highest BCUT2D eigenvalue weighted by atomic mass is 32.1. The Bertz CT molecular complexity index is 499. The summed E-state index contributed by atoms with van der Waals surface area (Å²) in [6.07, 6.45) is 3.48. The van der Waals surface area contributed by atoms with Crippen molar-refractivity contribution in [2.75, 3.05) is 6.54 Å². The molecule has 1 N–H and O–H groups in total. The molecule has 0 aliphatic carbocycles. The van der Waals surface area contributed by atoms with Crippen molar-refractivity contribution < 1.29 is 4.79 Å². The molecule has 2 aromatic rings. The van der Waals surface area contributed by atoms with Crippen LogP contribution in [0.1, 0.15) is 17.4 Å². The number of aromatic nitrogens is 1. The highest BCUT2D eigenvalue weighted by molar-refractivity contribution is 7.09. The third-order valence-corrected chi connectivity index (χ3v) is 3.62. The molecule has 0 aromatic carbocycles. The molecule has 0 bridgehead atoms. The standard InChI is InChI=1S/C14H17N3OS/c1-2-17(11-13-6-4-8-19-13)14(18)16-10-12-5-3-7-15-9-12/h3-9H,2,10-11H2,1H3,(H,16,18). The van der Waals surface area contributed by atoms with E-state index in [9.17, 15) is 4.79 Å². The first-order valence-corrected chi connectivity index (χ1v) is 7.11. The predicted octanol–water partition coefficient (Wildman–Crippen LogP) is 2.87. The average molecular weight is 275 g/mol. The fourth-order valence-corrected chi connectivity index (χ4v) is 2.43. The summed E-state index contributed by atoms with van der Waals surface area (Å²) in [7, 11) is 0. The van der Waals surface area contributed by atoms with Gasteiger partial charge >= 0.3 is 6.03 Å². The predicted molar refractivity (Wildman–Crippen MR) is 76.9 cm³/mol. The largest absolute Gasteiger partial charge is 0.334 e. The molecule has 2 aromatic heterocycles. The number of pyridine rings is 1. The molecule has 0 unspecified atom stereocenters. The van der Waals surface area contributed by atoms with Crippen LogP contribution in [0.25, 0.3) is 0 Å². The van der Waals surface area contributed by atoms with Gasteiger partial charge in [-0.3, -0.25) is 4.98 Å². The topological polar surface area (TPSA) is 45.2 Å². The Hall–Kier alpha value is -1.88. The van der Waals surface area contributed by atoms with Crippen LogP contribution in [0.2, 0.25) is 0 Å². The van der Waals surface area contributed by atoms with Gasteiger partial charge in [-0.2, -0.15) is 0 Å². The first-order chi connectivity index (χ1) is 9.29. The molecule has 0 saturated carbocycles. The molecule has 19 heavy (non-hydrogen) atoms. The molecule has 0 spiro atoms. The van der Waals surface area contributed by atoms with E-state index >= 15 is 0 Å². The van der Waals surface area contributed by atoms with E-state index in [1.54, 1.807) is 28.6 Å². The van der Waals surface area contributed by atoms with Gasteiger partial charge < -0.3 is 10.2 Å². The molecule has 0 aliphatic rings. The fourth-order valence-electron chi connectivity index (χ4n) is 1.71. The van der Waals surface area contributed by atoms with Crippen molar-refractivity contribution in [1.29, 1.82) is 0 Å². The summed E-state index contributed by atoms with van der Waals surface area (Å²) in [5, 5.41) is 4.94. The highest BCUT2D eigenvalue weighted by Gasteiger charge is 2.11. The Labute approximate surface area is 117 Å². The number of carbonyl (C=O) groups is 1. The average Bonchev–Trinajstić information content (AvgIpc) is 2.96. The van der Waals surface area contributed by atoms with Crippen molar-refractivity contribution in [3.8, 4) is 0 Å². The second kappa shape index (κ2) is 6.89. The van der Waals surface area contributed by atoms with Gasteiger partial charge in [-0.1, -0.05) is 12.1 Å². The first-order valence-electron chi connectivity index (χ1n) is 6.23. The maximum Gasteiger partial charge on any atom is 0.317 e. The number of hydrogen-bond acceptors (Lipinski definition) is 3. The zero-order chi connectivity index (χ0) is 13.5. The number of hydrogen-bond donors (Lipinski definition) is 1. The van der Waals surface area contributed by atoms with Crippen LogP contribution in [-0.2, 0) is 13.1 Å². The first kappa shape index (κ1) is 13.5. The zero-order valence-electron chi connectivity index (χ0n) is 10.9. The van der Waals surface area contributed by atoms with Gasteiger partial charge in [-0.25, -0.2) is 4.79 Å². The minimum Gasteiger partial charge on any atom is -0.334 e. The van der Waals surface area contributed by atoms with E-state index < -0.39 is 0 Å². The lowest BCUT2D eigenvalue weighted by atomic mass is 10.3. The maximum atomic E-state index is 12.1. The minimum absolute atomic E-state index is 0.0419. The van der Waals surface area contributed by atoms with Crippen LogP contribution < -0.4 is 5.32 Å². The van der Waals surface area contributed by atoms with Gasteiger partial charge in [0.25, 0.3) is 0 Å². The molecule has 0 saturated heterocycles. The Morgan fingerprint density at radius 1 is 1.42 bits per heavy atom. The van der Waals surface area contributed by atoms with E-state index in [-0.39, 0.29) is 6.03 Å². The molecule has 5 heteroatoms. The lowest BCUT2D eigenvalue weighted by Gasteiger charge is -2.20. The number of rotatable bonds is 5.